The van der Waals surface area contributed by atoms with Crippen LogP contribution < -0.4 is 10.5 Å². The summed E-state index contributed by atoms with van der Waals surface area (Å²) >= 11 is 0. The first-order valence-corrected chi connectivity index (χ1v) is 5.72. The van der Waals surface area contributed by atoms with E-state index < -0.39 is 0 Å². The summed E-state index contributed by atoms with van der Waals surface area (Å²) in [6.45, 7) is 2.34. The van der Waals surface area contributed by atoms with E-state index in [1.807, 2.05) is 38.2 Å². The Morgan fingerprint density at radius 1 is 1.33 bits per heavy atom. The quantitative estimate of drug-likeness (QED) is 0.856. The Hall–Kier alpha value is -2.01. The monoisotopic (exact) mass is 247 g/mol. The number of nitrogens with zero attached hydrogens (tertiary/aromatic N) is 2. The molecular formula is C13H17N3O2. The molecule has 0 aliphatic carbocycles. The highest BCUT2D eigenvalue weighted by Gasteiger charge is 2.10. The third-order valence-electron chi connectivity index (χ3n) is 2.88. The largest absolute Gasteiger partial charge is 0.489 e. The second-order valence-corrected chi connectivity index (χ2v) is 4.16. The van der Waals surface area contributed by atoms with Gasteiger partial charge in [0.25, 0.3) is 0 Å². The molecule has 5 heteroatoms. The van der Waals surface area contributed by atoms with Crippen LogP contribution in [0.25, 0.3) is 0 Å². The van der Waals surface area contributed by atoms with Gasteiger partial charge in [0, 0.05) is 7.05 Å². The molecular weight excluding hydrogens is 230 g/mol. The van der Waals surface area contributed by atoms with Crippen LogP contribution in [0.15, 0.2) is 24.3 Å². The zero-order valence-electron chi connectivity index (χ0n) is 10.6. The summed E-state index contributed by atoms with van der Waals surface area (Å²) < 4.78 is 7.29. The molecule has 0 fully saturated rings. The maximum Gasteiger partial charge on any atom is 0.128 e. The highest BCUT2D eigenvalue weighted by Crippen LogP contribution is 2.19. The van der Waals surface area contributed by atoms with Gasteiger partial charge in [-0.15, -0.1) is 0 Å². The van der Waals surface area contributed by atoms with E-state index >= 15 is 0 Å². The summed E-state index contributed by atoms with van der Waals surface area (Å²) in [4.78, 5) is 0. The molecule has 18 heavy (non-hydrogen) atoms. The number of aliphatic hydroxyl groups is 1. The van der Waals surface area contributed by atoms with Crippen molar-refractivity contribution in [2.75, 3.05) is 5.73 Å². The van der Waals surface area contributed by atoms with E-state index in [2.05, 4.69) is 5.10 Å². The standard InChI is InChI=1S/C13H17N3O2/c1-9-12(13(14)16(2)15-9)8-18-11-5-3-10(7-17)4-6-11/h3-6,17H,7-8,14H2,1-2H3. The number of hydrogen-bond acceptors (Lipinski definition) is 4. The number of benzene rings is 1. The van der Waals surface area contributed by atoms with E-state index in [1.165, 1.54) is 0 Å². The first-order valence-electron chi connectivity index (χ1n) is 5.72. The van der Waals surface area contributed by atoms with Gasteiger partial charge in [-0.1, -0.05) is 12.1 Å². The van der Waals surface area contributed by atoms with Gasteiger partial charge in [-0.25, -0.2) is 0 Å². The molecule has 0 radical (unpaired) electrons. The Balaban J connectivity index is 2.06. The van der Waals surface area contributed by atoms with Crippen LogP contribution in [0.3, 0.4) is 0 Å². The van der Waals surface area contributed by atoms with Crippen molar-refractivity contribution in [2.24, 2.45) is 7.05 Å². The molecule has 0 unspecified atom stereocenters. The summed E-state index contributed by atoms with van der Waals surface area (Å²) in [5.74, 6) is 1.37. The molecule has 1 heterocycles. The molecule has 0 bridgehead atoms. The highest BCUT2D eigenvalue weighted by molar-refractivity contribution is 5.42. The van der Waals surface area contributed by atoms with Gasteiger partial charge in [-0.05, 0) is 24.6 Å². The van der Waals surface area contributed by atoms with Crippen LogP contribution in [0.1, 0.15) is 16.8 Å². The van der Waals surface area contributed by atoms with Crippen molar-refractivity contribution < 1.29 is 9.84 Å². The molecule has 3 N–H and O–H groups in total. The number of aryl methyl sites for hydroxylation is 2. The number of hydrogen-bond donors (Lipinski definition) is 2. The maximum absolute atomic E-state index is 8.94. The normalized spacial score (nSPS) is 10.6. The number of nitrogen functional groups attached to an aromatic ring is 1. The van der Waals surface area contributed by atoms with Gasteiger partial charge in [0.15, 0.2) is 0 Å². The minimum absolute atomic E-state index is 0.0366. The van der Waals surface area contributed by atoms with Crippen molar-refractivity contribution in [3.8, 4) is 5.75 Å². The molecule has 0 saturated carbocycles. The van der Waals surface area contributed by atoms with Crippen molar-refractivity contribution in [1.29, 1.82) is 0 Å². The lowest BCUT2D eigenvalue weighted by molar-refractivity contribution is 0.280. The van der Waals surface area contributed by atoms with Gasteiger partial charge in [-0.2, -0.15) is 5.10 Å². The van der Waals surface area contributed by atoms with Crippen LogP contribution in [-0.4, -0.2) is 14.9 Å². The number of rotatable bonds is 4. The summed E-state index contributed by atoms with van der Waals surface area (Å²) in [6.07, 6.45) is 0. The lowest BCUT2D eigenvalue weighted by Crippen LogP contribution is -2.02. The molecule has 0 aliphatic rings. The van der Waals surface area contributed by atoms with Crippen LogP contribution in [0.5, 0.6) is 5.75 Å². The van der Waals surface area contributed by atoms with Gasteiger partial charge in [0.2, 0.25) is 0 Å². The zero-order valence-corrected chi connectivity index (χ0v) is 10.6. The fourth-order valence-electron chi connectivity index (χ4n) is 1.74. The third kappa shape index (κ3) is 2.46. The number of anilines is 1. The van der Waals surface area contributed by atoms with Crippen molar-refractivity contribution in [3.63, 3.8) is 0 Å². The molecule has 1 aromatic carbocycles. The summed E-state index contributed by atoms with van der Waals surface area (Å²) in [6, 6.07) is 7.31. The van der Waals surface area contributed by atoms with E-state index in [4.69, 9.17) is 15.6 Å². The number of aliphatic hydroxyl groups excluding tert-OH is 1. The van der Waals surface area contributed by atoms with Crippen molar-refractivity contribution in [2.45, 2.75) is 20.1 Å². The number of aromatic nitrogens is 2. The molecule has 0 spiro atoms. The predicted octanol–water partition coefficient (Wildman–Crippen LogP) is 1.38. The minimum Gasteiger partial charge on any atom is -0.489 e. The van der Waals surface area contributed by atoms with Gasteiger partial charge in [0.05, 0.1) is 17.9 Å². The van der Waals surface area contributed by atoms with E-state index in [-0.39, 0.29) is 6.61 Å². The lowest BCUT2D eigenvalue weighted by atomic mass is 10.2. The first-order chi connectivity index (χ1) is 8.61. The van der Waals surface area contributed by atoms with Crippen molar-refractivity contribution >= 4 is 5.82 Å². The van der Waals surface area contributed by atoms with Gasteiger partial charge in [0.1, 0.15) is 18.2 Å². The molecule has 0 amide bonds. The van der Waals surface area contributed by atoms with Crippen LogP contribution in [0.2, 0.25) is 0 Å². The summed E-state index contributed by atoms with van der Waals surface area (Å²) in [5, 5.41) is 13.2. The Morgan fingerprint density at radius 2 is 2.00 bits per heavy atom. The van der Waals surface area contributed by atoms with E-state index in [0.29, 0.717) is 12.4 Å². The Kier molecular flexibility index (Phi) is 3.53. The van der Waals surface area contributed by atoms with Crippen molar-refractivity contribution in [1.82, 2.24) is 9.78 Å². The molecule has 1 aromatic heterocycles. The second-order valence-electron chi connectivity index (χ2n) is 4.16. The molecule has 2 rings (SSSR count). The van der Waals surface area contributed by atoms with Crippen LogP contribution in [0.4, 0.5) is 5.82 Å². The average Bonchev–Trinajstić information content (AvgIpc) is 2.62. The SMILES string of the molecule is Cc1nn(C)c(N)c1COc1ccc(CO)cc1. The number of ether oxygens (including phenoxy) is 1. The topological polar surface area (TPSA) is 73.3 Å². The molecule has 0 atom stereocenters. The fraction of sp³-hybridized carbons (Fsp3) is 0.308. The van der Waals surface area contributed by atoms with Crippen LogP contribution >= 0.6 is 0 Å². The van der Waals surface area contributed by atoms with Gasteiger partial charge >= 0.3 is 0 Å². The molecule has 0 saturated heterocycles. The highest BCUT2D eigenvalue weighted by atomic mass is 16.5. The smallest absolute Gasteiger partial charge is 0.128 e. The Morgan fingerprint density at radius 3 is 2.50 bits per heavy atom. The fourth-order valence-corrected chi connectivity index (χ4v) is 1.74. The minimum atomic E-state index is 0.0366. The Labute approximate surface area is 106 Å². The second kappa shape index (κ2) is 5.10. The molecule has 5 nitrogen and oxygen atoms in total. The van der Waals surface area contributed by atoms with E-state index in [0.717, 1.165) is 22.6 Å². The number of nitrogens with two attached hydrogens (primary N) is 1. The van der Waals surface area contributed by atoms with Gasteiger partial charge < -0.3 is 15.6 Å². The molecule has 2 aromatic rings. The Bertz CT molecular complexity index is 532. The predicted molar refractivity (Wildman–Crippen MR) is 69.1 cm³/mol. The lowest BCUT2D eigenvalue weighted by Gasteiger charge is -2.07. The van der Waals surface area contributed by atoms with Gasteiger partial charge in [-0.3, -0.25) is 4.68 Å². The summed E-state index contributed by atoms with van der Waals surface area (Å²) in [7, 11) is 1.81. The van der Waals surface area contributed by atoms with Crippen LogP contribution in [0, 0.1) is 6.92 Å². The van der Waals surface area contributed by atoms with Crippen LogP contribution in [-0.2, 0) is 20.3 Å². The average molecular weight is 247 g/mol. The van der Waals surface area contributed by atoms with E-state index in [1.54, 1.807) is 4.68 Å². The summed E-state index contributed by atoms with van der Waals surface area (Å²) in [5.41, 5.74) is 8.54. The zero-order chi connectivity index (χ0) is 13.1. The third-order valence-corrected chi connectivity index (χ3v) is 2.88. The van der Waals surface area contributed by atoms with E-state index in [9.17, 15) is 0 Å². The first kappa shape index (κ1) is 12.4. The molecule has 96 valence electrons. The molecule has 0 aliphatic heterocycles. The maximum atomic E-state index is 8.94. The van der Waals surface area contributed by atoms with Crippen molar-refractivity contribution in [3.05, 3.63) is 41.1 Å².